The second-order valence-corrected chi connectivity index (χ2v) is 12.1. The van der Waals surface area contributed by atoms with Crippen molar-refractivity contribution < 1.29 is 17.9 Å². The number of ether oxygens (including phenoxy) is 1. The molecular formula is C23H21Cl2N3O4S2. The lowest BCUT2D eigenvalue weighted by Crippen LogP contribution is -2.39. The molecule has 0 radical (unpaired) electrons. The second kappa shape index (κ2) is 9.22. The molecule has 0 spiro atoms. The number of thiazole rings is 1. The van der Waals surface area contributed by atoms with Crippen LogP contribution in [0.5, 0.6) is 0 Å². The first-order chi connectivity index (χ1) is 15.9. The molecule has 0 atom stereocenters. The van der Waals surface area contributed by atoms with Gasteiger partial charge >= 0.3 is 5.97 Å². The van der Waals surface area contributed by atoms with Gasteiger partial charge in [-0.25, -0.2) is 13.4 Å². The van der Waals surface area contributed by atoms with Gasteiger partial charge in [0.05, 0.1) is 16.1 Å². The highest BCUT2D eigenvalue weighted by Crippen LogP contribution is 2.31. The summed E-state index contributed by atoms with van der Waals surface area (Å²) in [5.41, 5.74) is 0.367. The number of sulfonamides is 1. The predicted molar refractivity (Wildman–Crippen MR) is 136 cm³/mol. The first-order valence-electron chi connectivity index (χ1n) is 10.2. The Balaban J connectivity index is 1.80. The maximum atomic E-state index is 13.7. The zero-order valence-corrected chi connectivity index (χ0v) is 21.7. The summed E-state index contributed by atoms with van der Waals surface area (Å²) in [7, 11) is -4.21. The Morgan fingerprint density at radius 2 is 1.82 bits per heavy atom. The summed E-state index contributed by atoms with van der Waals surface area (Å²) < 4.78 is 35.6. The van der Waals surface area contributed by atoms with Gasteiger partial charge in [-0.1, -0.05) is 23.2 Å². The minimum Gasteiger partial charge on any atom is -0.459 e. The van der Waals surface area contributed by atoms with E-state index in [9.17, 15) is 13.2 Å². The van der Waals surface area contributed by atoms with Gasteiger partial charge in [0, 0.05) is 33.2 Å². The monoisotopic (exact) mass is 537 g/mol. The lowest BCUT2D eigenvalue weighted by atomic mass is 10.2. The number of carbonyl (C=O) groups is 1. The predicted octanol–water partition coefficient (Wildman–Crippen LogP) is 5.93. The van der Waals surface area contributed by atoms with Crippen molar-refractivity contribution in [3.05, 3.63) is 70.3 Å². The standard InChI is InChI=1S/C23H21Cl2N3O4S2/c1-23(2,3)32-21(29)14-28(34(30,31)19-12-16(24)11-17(25)13-19)18-4-5-20-15(10-18)6-8-27(20)22-26-7-9-33-22/h4-13H,14H2,1-3H3. The average Bonchev–Trinajstić information content (AvgIpc) is 3.39. The van der Waals surface area contributed by atoms with Crippen molar-refractivity contribution in [3.63, 3.8) is 0 Å². The number of anilines is 1. The molecule has 7 nitrogen and oxygen atoms in total. The number of nitrogens with zero attached hydrogens (tertiary/aromatic N) is 3. The molecule has 2 aromatic carbocycles. The third-order valence-corrected chi connectivity index (χ3v) is 7.66. The molecule has 11 heteroatoms. The van der Waals surface area contributed by atoms with Crippen molar-refractivity contribution in [3.8, 4) is 5.13 Å². The van der Waals surface area contributed by atoms with E-state index in [-0.39, 0.29) is 14.9 Å². The summed E-state index contributed by atoms with van der Waals surface area (Å²) in [6, 6.07) is 11.0. The number of hydrogen-bond donors (Lipinski definition) is 0. The number of hydrogen-bond acceptors (Lipinski definition) is 6. The van der Waals surface area contributed by atoms with E-state index in [1.807, 2.05) is 22.2 Å². The Hall–Kier alpha value is -2.59. The molecule has 0 unspecified atom stereocenters. The van der Waals surface area contributed by atoms with Crippen LogP contribution >= 0.6 is 34.5 Å². The van der Waals surface area contributed by atoms with Crippen molar-refractivity contribution in [2.45, 2.75) is 31.3 Å². The molecule has 0 saturated heterocycles. The van der Waals surface area contributed by atoms with E-state index in [1.54, 1.807) is 45.2 Å². The zero-order valence-electron chi connectivity index (χ0n) is 18.5. The van der Waals surface area contributed by atoms with Gasteiger partial charge in [0.1, 0.15) is 12.1 Å². The quantitative estimate of drug-likeness (QED) is 0.284. The van der Waals surface area contributed by atoms with Crippen LogP contribution in [0.4, 0.5) is 5.69 Å². The Labute approximate surface area is 211 Å². The largest absolute Gasteiger partial charge is 0.459 e. The number of carbonyl (C=O) groups excluding carboxylic acids is 1. The summed E-state index contributed by atoms with van der Waals surface area (Å²) in [4.78, 5) is 16.9. The zero-order chi connectivity index (χ0) is 24.7. The summed E-state index contributed by atoms with van der Waals surface area (Å²) in [5, 5.41) is 3.77. The molecule has 34 heavy (non-hydrogen) atoms. The fraction of sp³-hybridized carbons (Fsp3) is 0.217. The number of fused-ring (bicyclic) bond motifs is 1. The lowest BCUT2D eigenvalue weighted by molar-refractivity contribution is -0.152. The van der Waals surface area contributed by atoms with E-state index >= 15 is 0 Å². The highest BCUT2D eigenvalue weighted by molar-refractivity contribution is 7.92. The molecule has 0 amide bonds. The number of aromatic nitrogens is 2. The highest BCUT2D eigenvalue weighted by atomic mass is 35.5. The van der Waals surface area contributed by atoms with Crippen LogP contribution in [0.1, 0.15) is 20.8 Å². The third-order valence-electron chi connectivity index (χ3n) is 4.70. The molecule has 0 saturated carbocycles. The van der Waals surface area contributed by atoms with Crippen LogP contribution in [0.25, 0.3) is 16.0 Å². The molecule has 4 rings (SSSR count). The molecule has 2 aromatic heterocycles. The third kappa shape index (κ3) is 5.22. The molecule has 178 valence electrons. The highest BCUT2D eigenvalue weighted by Gasteiger charge is 2.30. The number of halogens is 2. The minimum absolute atomic E-state index is 0.131. The Bertz CT molecular complexity index is 1440. The lowest BCUT2D eigenvalue weighted by Gasteiger charge is -2.26. The molecule has 0 fully saturated rings. The van der Waals surface area contributed by atoms with Gasteiger partial charge in [0.25, 0.3) is 10.0 Å². The second-order valence-electron chi connectivity index (χ2n) is 8.45. The molecule has 0 bridgehead atoms. The number of rotatable bonds is 6. The summed E-state index contributed by atoms with van der Waals surface area (Å²) in [5.74, 6) is -0.690. The summed E-state index contributed by atoms with van der Waals surface area (Å²) >= 11 is 13.6. The molecule has 0 aliphatic carbocycles. The van der Waals surface area contributed by atoms with Crippen molar-refractivity contribution in [2.24, 2.45) is 0 Å². The van der Waals surface area contributed by atoms with Crippen LogP contribution < -0.4 is 4.31 Å². The van der Waals surface area contributed by atoms with Gasteiger partial charge in [0.15, 0.2) is 5.13 Å². The van der Waals surface area contributed by atoms with Crippen LogP contribution in [-0.2, 0) is 19.6 Å². The molecule has 0 aliphatic rings. The Morgan fingerprint density at radius 3 is 2.44 bits per heavy atom. The summed E-state index contributed by atoms with van der Waals surface area (Å²) in [6.45, 7) is 4.62. The first-order valence-corrected chi connectivity index (χ1v) is 13.2. The average molecular weight is 538 g/mol. The van der Waals surface area contributed by atoms with Gasteiger partial charge in [-0.2, -0.15) is 0 Å². The van der Waals surface area contributed by atoms with E-state index in [4.69, 9.17) is 27.9 Å². The molecular weight excluding hydrogens is 517 g/mol. The molecule has 2 heterocycles. The molecule has 0 aliphatic heterocycles. The van der Waals surface area contributed by atoms with Gasteiger partial charge in [-0.3, -0.25) is 13.7 Å². The summed E-state index contributed by atoms with van der Waals surface area (Å²) in [6.07, 6.45) is 3.57. The SMILES string of the molecule is CC(C)(C)OC(=O)CN(c1ccc2c(ccn2-c2nccs2)c1)S(=O)(=O)c1cc(Cl)cc(Cl)c1. The van der Waals surface area contributed by atoms with E-state index in [0.717, 1.165) is 20.3 Å². The molecule has 4 aromatic rings. The van der Waals surface area contributed by atoms with E-state index in [0.29, 0.717) is 5.69 Å². The topological polar surface area (TPSA) is 81.5 Å². The van der Waals surface area contributed by atoms with Crippen LogP contribution in [0, 0.1) is 0 Å². The van der Waals surface area contributed by atoms with Crippen molar-refractivity contribution in [1.29, 1.82) is 0 Å². The van der Waals surface area contributed by atoms with E-state index in [2.05, 4.69) is 4.98 Å². The van der Waals surface area contributed by atoms with Crippen LogP contribution in [0.15, 0.2) is 65.1 Å². The van der Waals surface area contributed by atoms with Crippen LogP contribution in [0.3, 0.4) is 0 Å². The fourth-order valence-electron chi connectivity index (χ4n) is 3.40. The van der Waals surface area contributed by atoms with E-state index in [1.165, 1.54) is 29.5 Å². The maximum absolute atomic E-state index is 13.7. The first kappa shape index (κ1) is 24.5. The number of esters is 1. The Morgan fingerprint density at radius 1 is 1.12 bits per heavy atom. The van der Waals surface area contributed by atoms with Crippen LogP contribution in [-0.4, -0.2) is 36.1 Å². The van der Waals surface area contributed by atoms with Gasteiger partial charge in [-0.05, 0) is 63.2 Å². The van der Waals surface area contributed by atoms with Gasteiger partial charge < -0.3 is 4.74 Å². The smallest absolute Gasteiger partial charge is 0.327 e. The van der Waals surface area contributed by atoms with Crippen LogP contribution in [0.2, 0.25) is 10.0 Å². The van der Waals surface area contributed by atoms with E-state index < -0.39 is 28.1 Å². The van der Waals surface area contributed by atoms with Gasteiger partial charge in [-0.15, -0.1) is 11.3 Å². The van der Waals surface area contributed by atoms with Gasteiger partial charge in [0.2, 0.25) is 0 Å². The van der Waals surface area contributed by atoms with Crippen molar-refractivity contribution >= 4 is 67.1 Å². The Kier molecular flexibility index (Phi) is 6.65. The number of benzene rings is 2. The minimum atomic E-state index is -4.21. The fourth-order valence-corrected chi connectivity index (χ4v) is 6.16. The maximum Gasteiger partial charge on any atom is 0.327 e. The molecule has 0 N–H and O–H groups in total. The van der Waals surface area contributed by atoms with Crippen molar-refractivity contribution in [1.82, 2.24) is 9.55 Å². The normalized spacial score (nSPS) is 12.1. The van der Waals surface area contributed by atoms with Crippen molar-refractivity contribution in [2.75, 3.05) is 10.8 Å².